The molecular formula is C34H44F4N5O5PS. The minimum atomic E-state index is -4.56. The number of piperidine rings is 1. The number of nitrogens with one attached hydrogen (secondary N) is 1. The summed E-state index contributed by atoms with van der Waals surface area (Å²) in [5.41, 5.74) is -1.42. The summed E-state index contributed by atoms with van der Waals surface area (Å²) in [5, 5.41) is 7.75. The Hall–Kier alpha value is -3.60. The Morgan fingerprint density at radius 3 is 2.36 bits per heavy atom. The lowest BCUT2D eigenvalue weighted by Crippen LogP contribution is -2.46. The van der Waals surface area contributed by atoms with Crippen LogP contribution in [0, 0.1) is 11.8 Å². The van der Waals surface area contributed by atoms with Crippen LogP contribution in [0.4, 0.5) is 38.7 Å². The molecule has 1 aromatic carbocycles. The van der Waals surface area contributed by atoms with E-state index in [1.165, 1.54) is 19.4 Å². The second-order valence-corrected chi connectivity index (χ2v) is 18.9. The number of carbonyl (C=O) groups excluding carboxylic acids is 2. The zero-order valence-electron chi connectivity index (χ0n) is 29.7. The van der Waals surface area contributed by atoms with Crippen molar-refractivity contribution in [3.63, 3.8) is 0 Å². The lowest BCUT2D eigenvalue weighted by atomic mass is 10.0. The molecule has 0 radical (unpaired) electrons. The van der Waals surface area contributed by atoms with Crippen LogP contribution >= 0.6 is 18.5 Å². The molecule has 10 nitrogen and oxygen atoms in total. The van der Waals surface area contributed by atoms with Gasteiger partial charge < -0.3 is 24.3 Å². The third-order valence-corrected chi connectivity index (χ3v) is 9.92. The zero-order valence-corrected chi connectivity index (χ0v) is 31.4. The maximum absolute atomic E-state index is 14.9. The van der Waals surface area contributed by atoms with Crippen LogP contribution in [0.25, 0.3) is 10.1 Å². The zero-order chi connectivity index (χ0) is 37.4. The number of carbonyl (C=O) groups is 2. The molecule has 1 N–H and O–H groups in total. The normalized spacial score (nSPS) is 17.6. The number of rotatable bonds is 6. The average Bonchev–Trinajstić information content (AvgIpc) is 3.53. The van der Waals surface area contributed by atoms with Crippen LogP contribution in [-0.4, -0.2) is 96.5 Å². The molecule has 2 atom stereocenters. The lowest BCUT2D eigenvalue weighted by Gasteiger charge is -2.33. The molecule has 0 saturated carbocycles. The van der Waals surface area contributed by atoms with E-state index in [-0.39, 0.29) is 28.2 Å². The minimum Gasteiger partial charge on any atom is -0.443 e. The van der Waals surface area contributed by atoms with E-state index >= 15 is 0 Å². The smallest absolute Gasteiger partial charge is 0.437 e. The van der Waals surface area contributed by atoms with Gasteiger partial charge in [0.05, 0.1) is 34.3 Å². The monoisotopic (exact) mass is 741 g/mol. The number of nitrogens with zero attached hydrogens (tertiary/aromatic N) is 4. The molecule has 1 amide bonds. The molecule has 1 saturated heterocycles. The van der Waals surface area contributed by atoms with Gasteiger partial charge in [0.2, 0.25) is 0 Å². The predicted octanol–water partition coefficient (Wildman–Crippen LogP) is 7.48. The first-order valence-corrected chi connectivity index (χ1v) is 19.4. The summed E-state index contributed by atoms with van der Waals surface area (Å²) >= 11 is 1.04. The quantitative estimate of drug-likeness (QED) is 0.158. The molecule has 2 aromatic heterocycles. The van der Waals surface area contributed by atoms with Crippen molar-refractivity contribution in [3.05, 3.63) is 34.7 Å². The number of alkyl halides is 4. The highest BCUT2D eigenvalue weighted by Crippen LogP contribution is 2.40. The number of anilines is 2. The number of thiophene rings is 1. The SMILES string of the molecule is CN1CC[C@H](Nc2cccc3c(CC(F)(F)F)c(C#CCN(C(=O)OC(C)(C)C)c4cc(P(C)(C)=O)nn4C(=O)OC(C)(C)C)sc23)[C@H](F)C1. The van der Waals surface area contributed by atoms with E-state index in [1.54, 1.807) is 59.7 Å². The number of ether oxygens (including phenoxy) is 2. The molecule has 3 heterocycles. The van der Waals surface area contributed by atoms with E-state index in [1.807, 2.05) is 11.9 Å². The van der Waals surface area contributed by atoms with Gasteiger partial charge in [-0.3, -0.25) is 0 Å². The van der Waals surface area contributed by atoms with Crippen molar-refractivity contribution < 1.29 is 41.2 Å². The fraction of sp³-hybridized carbons (Fsp3) is 0.559. The van der Waals surface area contributed by atoms with Crippen LogP contribution in [0.5, 0.6) is 0 Å². The molecule has 0 unspecified atom stereocenters. The lowest BCUT2D eigenvalue weighted by molar-refractivity contribution is -0.127. The van der Waals surface area contributed by atoms with Gasteiger partial charge in [-0.2, -0.15) is 18.3 Å². The molecule has 3 aromatic rings. The van der Waals surface area contributed by atoms with Gasteiger partial charge in [-0.25, -0.2) is 18.9 Å². The van der Waals surface area contributed by atoms with Crippen molar-refractivity contribution in [2.24, 2.45) is 0 Å². The van der Waals surface area contributed by atoms with Gasteiger partial charge in [-0.1, -0.05) is 24.0 Å². The number of hydrogen-bond donors (Lipinski definition) is 1. The number of fused-ring (bicyclic) bond motifs is 1. The third kappa shape index (κ3) is 10.2. The Kier molecular flexibility index (Phi) is 11.4. The second kappa shape index (κ2) is 14.6. The Balaban J connectivity index is 1.80. The van der Waals surface area contributed by atoms with Gasteiger partial charge in [0, 0.05) is 19.2 Å². The van der Waals surface area contributed by atoms with E-state index in [2.05, 4.69) is 22.3 Å². The maximum Gasteiger partial charge on any atom is 0.437 e. The first kappa shape index (κ1) is 39.2. The Morgan fingerprint density at radius 1 is 1.12 bits per heavy atom. The van der Waals surface area contributed by atoms with Crippen LogP contribution in [0.3, 0.4) is 0 Å². The van der Waals surface area contributed by atoms with Crippen molar-refractivity contribution in [2.75, 3.05) is 50.2 Å². The third-order valence-electron chi connectivity index (χ3n) is 7.41. The van der Waals surface area contributed by atoms with E-state index < -0.39 is 61.9 Å². The Bertz CT molecular complexity index is 1840. The fourth-order valence-electron chi connectivity index (χ4n) is 5.19. The van der Waals surface area contributed by atoms with E-state index in [0.717, 1.165) is 20.9 Å². The van der Waals surface area contributed by atoms with Crippen molar-refractivity contribution in [1.82, 2.24) is 14.7 Å². The van der Waals surface area contributed by atoms with Crippen molar-refractivity contribution in [1.29, 1.82) is 0 Å². The minimum absolute atomic E-state index is 0.0389. The number of halogens is 4. The van der Waals surface area contributed by atoms with Gasteiger partial charge in [0.1, 0.15) is 35.8 Å². The van der Waals surface area contributed by atoms with Gasteiger partial charge in [0.25, 0.3) is 0 Å². The summed E-state index contributed by atoms with van der Waals surface area (Å²) in [7, 11) is -1.23. The summed E-state index contributed by atoms with van der Waals surface area (Å²) in [6.45, 7) is 13.2. The molecule has 0 spiro atoms. The van der Waals surface area contributed by atoms with Crippen molar-refractivity contribution in [3.8, 4) is 11.8 Å². The number of aromatic nitrogens is 2. The van der Waals surface area contributed by atoms with Gasteiger partial charge >= 0.3 is 18.4 Å². The standard InChI is InChI=1S/C34H44F4N5O5PS/c1-32(2,3)47-30(44)42(28-18-27(49(8,9)46)40-43(28)31(45)48-33(4,5)6)16-11-14-26-22(19-34(36,37)38)21-12-10-13-25(29(21)50-26)39-24-15-17-41(7)20-23(24)35/h10,12-13,18,23-24,39H,15-17,19-20H2,1-9H3/t23-,24+/m1/s1. The molecule has 0 aliphatic carbocycles. The van der Waals surface area contributed by atoms with Gasteiger partial charge in [-0.05, 0) is 85.4 Å². The first-order chi connectivity index (χ1) is 22.9. The Morgan fingerprint density at radius 2 is 1.78 bits per heavy atom. The van der Waals surface area contributed by atoms with Crippen LogP contribution in [-0.2, 0) is 20.5 Å². The van der Waals surface area contributed by atoms with Crippen LogP contribution in [0.15, 0.2) is 24.3 Å². The summed E-state index contributed by atoms with van der Waals surface area (Å²) < 4.78 is 82.0. The van der Waals surface area contributed by atoms with E-state index in [0.29, 0.717) is 28.7 Å². The topological polar surface area (TPSA) is 106 Å². The van der Waals surface area contributed by atoms with E-state index in [4.69, 9.17) is 9.47 Å². The van der Waals surface area contributed by atoms with Gasteiger partial charge in [-0.15, -0.1) is 16.0 Å². The molecule has 1 aliphatic rings. The summed E-state index contributed by atoms with van der Waals surface area (Å²) in [6, 6.07) is 5.70. The number of hydrogen-bond acceptors (Lipinski definition) is 9. The van der Waals surface area contributed by atoms with Crippen LogP contribution in [0.1, 0.15) is 58.4 Å². The summed E-state index contributed by atoms with van der Waals surface area (Å²) in [4.78, 5) is 29.8. The van der Waals surface area contributed by atoms with Gasteiger partial charge in [0.15, 0.2) is 0 Å². The van der Waals surface area contributed by atoms with Crippen LogP contribution < -0.4 is 15.7 Å². The molecular weight excluding hydrogens is 697 g/mol. The molecule has 1 fully saturated rings. The van der Waals surface area contributed by atoms with Crippen molar-refractivity contribution >= 4 is 57.7 Å². The summed E-state index contributed by atoms with van der Waals surface area (Å²) in [6.07, 6.45) is -8.34. The Labute approximate surface area is 293 Å². The molecule has 1 aliphatic heterocycles. The molecule has 274 valence electrons. The van der Waals surface area contributed by atoms with E-state index in [9.17, 15) is 31.7 Å². The molecule has 16 heteroatoms. The maximum atomic E-state index is 14.9. The number of benzene rings is 1. The predicted molar refractivity (Wildman–Crippen MR) is 189 cm³/mol. The fourth-order valence-corrected chi connectivity index (χ4v) is 7.09. The molecule has 50 heavy (non-hydrogen) atoms. The molecule has 0 bridgehead atoms. The van der Waals surface area contributed by atoms with Crippen molar-refractivity contribution in [2.45, 2.75) is 84.0 Å². The second-order valence-electron chi connectivity index (χ2n) is 14.7. The highest BCUT2D eigenvalue weighted by molar-refractivity contribution is 7.69. The largest absolute Gasteiger partial charge is 0.443 e. The first-order valence-electron chi connectivity index (χ1n) is 16.0. The molecule has 4 rings (SSSR count). The highest BCUT2D eigenvalue weighted by atomic mass is 32.1. The summed E-state index contributed by atoms with van der Waals surface area (Å²) in [5.74, 6) is 5.48. The van der Waals surface area contributed by atoms with Crippen LogP contribution in [0.2, 0.25) is 0 Å². The number of amides is 1. The average molecular weight is 742 g/mol. The highest BCUT2D eigenvalue weighted by Gasteiger charge is 2.34. The number of likely N-dealkylation sites (tertiary alicyclic amines) is 1.